The van der Waals surface area contributed by atoms with Crippen LogP contribution < -0.4 is 9.62 Å². The van der Waals surface area contributed by atoms with Crippen molar-refractivity contribution in [1.29, 1.82) is 0 Å². The SMILES string of the molecule is CCC(C(=O)NC(C)(C)C)N(Cc1ccc(Cl)cc1Cl)C(=O)CN(c1cccc(C)c1C)S(=O)(=O)c1ccc(C)cc1. The van der Waals surface area contributed by atoms with E-state index in [0.717, 1.165) is 21.0 Å². The second-order valence-electron chi connectivity index (χ2n) is 11.5. The van der Waals surface area contributed by atoms with Gasteiger partial charge in [-0.2, -0.15) is 0 Å². The molecular weight excluding hydrogens is 593 g/mol. The third-order valence-corrected chi connectivity index (χ3v) is 9.33. The summed E-state index contributed by atoms with van der Waals surface area (Å²) in [5.74, 6) is -0.892. The first-order chi connectivity index (χ1) is 19.5. The second kappa shape index (κ2) is 13.5. The lowest BCUT2D eigenvalue weighted by Crippen LogP contribution is -2.55. The van der Waals surface area contributed by atoms with Crippen LogP contribution >= 0.6 is 23.2 Å². The summed E-state index contributed by atoms with van der Waals surface area (Å²) in [5, 5.41) is 3.73. The van der Waals surface area contributed by atoms with Crippen LogP contribution in [0.1, 0.15) is 56.4 Å². The van der Waals surface area contributed by atoms with E-state index in [1.807, 2.05) is 54.5 Å². The lowest BCUT2D eigenvalue weighted by molar-refractivity contribution is -0.141. The van der Waals surface area contributed by atoms with Gasteiger partial charge in [0.25, 0.3) is 10.0 Å². The summed E-state index contributed by atoms with van der Waals surface area (Å²) in [6.07, 6.45) is 0.299. The summed E-state index contributed by atoms with van der Waals surface area (Å²) < 4.78 is 29.4. The van der Waals surface area contributed by atoms with Gasteiger partial charge in [0, 0.05) is 22.1 Å². The summed E-state index contributed by atoms with van der Waals surface area (Å²) in [6, 6.07) is 15.9. The van der Waals surface area contributed by atoms with Crippen LogP contribution in [0.15, 0.2) is 65.6 Å². The minimum atomic E-state index is -4.17. The van der Waals surface area contributed by atoms with Gasteiger partial charge in [-0.3, -0.25) is 13.9 Å². The third kappa shape index (κ3) is 8.06. The molecule has 10 heteroatoms. The average molecular weight is 633 g/mol. The monoisotopic (exact) mass is 631 g/mol. The molecule has 1 N–H and O–H groups in total. The molecule has 0 saturated carbocycles. The maximum Gasteiger partial charge on any atom is 0.264 e. The van der Waals surface area contributed by atoms with Gasteiger partial charge >= 0.3 is 0 Å². The molecule has 3 aromatic rings. The van der Waals surface area contributed by atoms with Crippen molar-refractivity contribution in [3.8, 4) is 0 Å². The van der Waals surface area contributed by atoms with Crippen LogP contribution in [0, 0.1) is 20.8 Å². The highest BCUT2D eigenvalue weighted by Gasteiger charge is 2.35. The fourth-order valence-electron chi connectivity index (χ4n) is 4.56. The third-order valence-electron chi connectivity index (χ3n) is 6.97. The molecule has 0 heterocycles. The van der Waals surface area contributed by atoms with Gasteiger partial charge in [0.1, 0.15) is 12.6 Å². The molecule has 0 aliphatic carbocycles. The molecule has 0 bridgehead atoms. The summed E-state index contributed by atoms with van der Waals surface area (Å²) in [5.41, 5.74) is 2.94. The van der Waals surface area contributed by atoms with Crippen molar-refractivity contribution < 1.29 is 18.0 Å². The largest absolute Gasteiger partial charge is 0.350 e. The Kier molecular flexibility index (Phi) is 10.7. The number of carbonyl (C=O) groups excluding carboxylic acids is 2. The quantitative estimate of drug-likeness (QED) is 0.265. The second-order valence-corrected chi connectivity index (χ2v) is 14.2. The summed E-state index contributed by atoms with van der Waals surface area (Å²) in [7, 11) is -4.17. The van der Waals surface area contributed by atoms with Gasteiger partial charge in [-0.05, 0) is 95.0 Å². The van der Waals surface area contributed by atoms with E-state index in [0.29, 0.717) is 27.7 Å². The molecule has 1 atom stereocenters. The molecule has 0 aromatic heterocycles. The molecule has 0 aliphatic heterocycles. The number of rotatable bonds is 10. The van der Waals surface area contributed by atoms with Gasteiger partial charge in [0.05, 0.1) is 10.6 Å². The summed E-state index contributed by atoms with van der Waals surface area (Å²) in [6.45, 7) is 12.4. The number of halogens is 2. The van der Waals surface area contributed by atoms with E-state index in [1.165, 1.54) is 17.0 Å². The number of benzene rings is 3. The molecule has 0 fully saturated rings. The number of hydrogen-bond acceptors (Lipinski definition) is 4. The molecule has 3 rings (SSSR count). The lowest BCUT2D eigenvalue weighted by atomic mass is 10.1. The van der Waals surface area contributed by atoms with E-state index >= 15 is 0 Å². The number of nitrogens with zero attached hydrogens (tertiary/aromatic N) is 2. The molecule has 2 amide bonds. The van der Waals surface area contributed by atoms with E-state index in [4.69, 9.17) is 23.2 Å². The fourth-order valence-corrected chi connectivity index (χ4v) is 6.50. The average Bonchev–Trinajstić information content (AvgIpc) is 2.89. The van der Waals surface area contributed by atoms with Crippen molar-refractivity contribution in [2.45, 2.75) is 77.9 Å². The Balaban J connectivity index is 2.14. The first kappa shape index (κ1) is 33.4. The fraction of sp³-hybridized carbons (Fsp3) is 0.375. The first-order valence-corrected chi connectivity index (χ1v) is 16.0. The smallest absolute Gasteiger partial charge is 0.264 e. The van der Waals surface area contributed by atoms with Crippen LogP contribution in [-0.4, -0.2) is 43.3 Å². The number of aryl methyl sites for hydroxylation is 2. The lowest BCUT2D eigenvalue weighted by Gasteiger charge is -2.35. The molecule has 0 aliphatic rings. The Morgan fingerprint density at radius 1 is 0.952 bits per heavy atom. The molecule has 42 heavy (non-hydrogen) atoms. The predicted molar refractivity (Wildman–Crippen MR) is 171 cm³/mol. The molecule has 0 spiro atoms. The van der Waals surface area contributed by atoms with E-state index in [9.17, 15) is 18.0 Å². The predicted octanol–water partition coefficient (Wildman–Crippen LogP) is 6.84. The Bertz CT molecular complexity index is 1550. The van der Waals surface area contributed by atoms with Gasteiger partial charge in [-0.1, -0.05) is 66.0 Å². The van der Waals surface area contributed by atoms with Gasteiger partial charge in [0.15, 0.2) is 0 Å². The maximum atomic E-state index is 14.3. The highest BCUT2D eigenvalue weighted by molar-refractivity contribution is 7.92. The van der Waals surface area contributed by atoms with Crippen molar-refractivity contribution in [2.24, 2.45) is 0 Å². The molecule has 7 nitrogen and oxygen atoms in total. The van der Waals surface area contributed by atoms with Crippen molar-refractivity contribution in [1.82, 2.24) is 10.2 Å². The molecule has 0 radical (unpaired) electrons. The summed E-state index contributed by atoms with van der Waals surface area (Å²) in [4.78, 5) is 29.2. The molecule has 3 aromatic carbocycles. The zero-order chi connectivity index (χ0) is 31.4. The standard InChI is InChI=1S/C32H39Cl2N3O4S/c1-8-28(31(39)35-32(5,6)7)36(19-24-14-15-25(33)18-27(24)34)30(38)20-37(29-11-9-10-22(3)23(29)4)42(40,41)26-16-12-21(2)13-17-26/h9-18,28H,8,19-20H2,1-7H3,(H,35,39). The Morgan fingerprint density at radius 3 is 2.17 bits per heavy atom. The topological polar surface area (TPSA) is 86.8 Å². The number of hydrogen-bond donors (Lipinski definition) is 1. The van der Waals surface area contributed by atoms with Crippen molar-refractivity contribution in [3.05, 3.63) is 93.0 Å². The molecule has 226 valence electrons. The van der Waals surface area contributed by atoms with Crippen molar-refractivity contribution in [2.75, 3.05) is 10.8 Å². The Hall–Kier alpha value is -3.07. The minimum Gasteiger partial charge on any atom is -0.350 e. The van der Waals surface area contributed by atoms with Gasteiger partial charge in [-0.15, -0.1) is 0 Å². The van der Waals surface area contributed by atoms with Gasteiger partial charge in [-0.25, -0.2) is 8.42 Å². The number of sulfonamides is 1. The van der Waals surface area contributed by atoms with Gasteiger partial charge in [0.2, 0.25) is 11.8 Å². The van der Waals surface area contributed by atoms with Crippen LogP contribution in [-0.2, 0) is 26.2 Å². The Labute approximate surface area is 259 Å². The van der Waals surface area contributed by atoms with Crippen LogP contribution in [0.2, 0.25) is 10.0 Å². The zero-order valence-electron chi connectivity index (χ0n) is 25.2. The van der Waals surface area contributed by atoms with E-state index in [2.05, 4.69) is 5.32 Å². The number of nitrogens with one attached hydrogen (secondary N) is 1. The molecule has 1 unspecified atom stereocenters. The molecular formula is C32H39Cl2N3O4S. The maximum absolute atomic E-state index is 14.3. The zero-order valence-corrected chi connectivity index (χ0v) is 27.5. The number of amides is 2. The number of anilines is 1. The van der Waals surface area contributed by atoms with Crippen molar-refractivity contribution in [3.63, 3.8) is 0 Å². The Morgan fingerprint density at radius 2 is 1.60 bits per heavy atom. The van der Waals surface area contributed by atoms with E-state index in [-0.39, 0.29) is 17.3 Å². The first-order valence-electron chi connectivity index (χ1n) is 13.8. The van der Waals surface area contributed by atoms with Crippen LogP contribution in [0.3, 0.4) is 0 Å². The van der Waals surface area contributed by atoms with E-state index in [1.54, 1.807) is 42.5 Å². The normalized spacial score (nSPS) is 12.5. The molecule has 0 saturated heterocycles. The van der Waals surface area contributed by atoms with Crippen molar-refractivity contribution >= 4 is 50.7 Å². The van der Waals surface area contributed by atoms with Crippen LogP contribution in [0.4, 0.5) is 5.69 Å². The minimum absolute atomic E-state index is 0.0177. The van der Waals surface area contributed by atoms with Crippen LogP contribution in [0.5, 0.6) is 0 Å². The van der Waals surface area contributed by atoms with Crippen LogP contribution in [0.25, 0.3) is 0 Å². The summed E-state index contributed by atoms with van der Waals surface area (Å²) >= 11 is 12.6. The highest BCUT2D eigenvalue weighted by Crippen LogP contribution is 2.30. The van der Waals surface area contributed by atoms with Gasteiger partial charge < -0.3 is 10.2 Å². The highest BCUT2D eigenvalue weighted by atomic mass is 35.5. The number of carbonyl (C=O) groups is 2. The van der Waals surface area contributed by atoms with E-state index < -0.39 is 34.1 Å².